The summed E-state index contributed by atoms with van der Waals surface area (Å²) < 4.78 is 6.75. The van der Waals surface area contributed by atoms with Crippen LogP contribution >= 0.6 is 11.6 Å². The molecule has 6 rings (SSSR count). The molecular weight excluding hydrogens is 498 g/mol. The molecule has 4 heterocycles. The second-order valence-corrected chi connectivity index (χ2v) is 10.5. The number of benzene rings is 1. The van der Waals surface area contributed by atoms with Gasteiger partial charge in [0.05, 0.1) is 35.1 Å². The maximum absolute atomic E-state index is 13.6. The van der Waals surface area contributed by atoms with E-state index in [0.717, 1.165) is 27.6 Å². The average Bonchev–Trinajstić information content (AvgIpc) is 3.24. The van der Waals surface area contributed by atoms with Crippen molar-refractivity contribution in [1.82, 2.24) is 14.9 Å². The quantitative estimate of drug-likeness (QED) is 0.352. The van der Waals surface area contributed by atoms with Crippen LogP contribution in [0, 0.1) is 6.92 Å². The minimum Gasteiger partial charge on any atom is -0.458 e. The Morgan fingerprint density at radius 1 is 1.32 bits per heavy atom. The maximum atomic E-state index is 13.6. The molecule has 10 heteroatoms. The van der Waals surface area contributed by atoms with Crippen molar-refractivity contribution < 1.29 is 24.5 Å². The van der Waals surface area contributed by atoms with E-state index in [-0.39, 0.29) is 36.3 Å². The lowest BCUT2D eigenvalue weighted by Gasteiger charge is -2.31. The first-order chi connectivity index (χ1) is 17.6. The lowest BCUT2D eigenvalue weighted by Crippen LogP contribution is -2.44. The van der Waals surface area contributed by atoms with Gasteiger partial charge >= 0.3 is 5.97 Å². The number of aromatic nitrogens is 2. The zero-order valence-electron chi connectivity index (χ0n) is 20.6. The molecule has 9 nitrogen and oxygen atoms in total. The largest absolute Gasteiger partial charge is 0.458 e. The van der Waals surface area contributed by atoms with Crippen LogP contribution < -0.4 is 10.9 Å². The number of fused-ring (bicyclic) bond motifs is 5. The van der Waals surface area contributed by atoms with Crippen molar-refractivity contribution in [2.45, 2.75) is 70.9 Å². The fourth-order valence-electron chi connectivity index (χ4n) is 5.99. The third-order valence-corrected chi connectivity index (χ3v) is 8.47. The molecule has 3 aromatic rings. The summed E-state index contributed by atoms with van der Waals surface area (Å²) in [6.45, 7) is 5.04. The number of hydrogen-bond acceptors (Lipinski definition) is 7. The predicted octanol–water partition coefficient (Wildman–Crippen LogP) is 2.53. The Kier molecular flexibility index (Phi) is 5.28. The number of pyridine rings is 2. The summed E-state index contributed by atoms with van der Waals surface area (Å²) >= 11 is 6.57. The number of aliphatic hydroxyl groups excluding tert-OH is 1. The fourth-order valence-corrected chi connectivity index (χ4v) is 6.21. The second-order valence-electron chi connectivity index (χ2n) is 10.1. The number of aliphatic hydroxyl groups is 2. The Bertz CT molecular complexity index is 1610. The number of nitrogens with zero attached hydrogens (tertiary/aromatic N) is 2. The van der Waals surface area contributed by atoms with Gasteiger partial charge in [-0.05, 0) is 61.9 Å². The number of aryl methyl sites for hydroxylation is 1. The molecule has 0 saturated carbocycles. The molecule has 1 aliphatic carbocycles. The lowest BCUT2D eigenvalue weighted by molar-refractivity contribution is -0.172. The molecule has 1 aromatic carbocycles. The minimum absolute atomic E-state index is 0.0523. The summed E-state index contributed by atoms with van der Waals surface area (Å²) in [5.74, 6) is -1.26. The van der Waals surface area contributed by atoms with Gasteiger partial charge in [-0.1, -0.05) is 18.5 Å². The third kappa shape index (κ3) is 3.24. The van der Waals surface area contributed by atoms with Crippen molar-refractivity contribution in [2.75, 3.05) is 0 Å². The number of rotatable bonds is 3. The third-order valence-electron chi connectivity index (χ3n) is 8.07. The average molecular weight is 524 g/mol. The number of carbonyl (C=O) groups is 2. The first-order valence-corrected chi connectivity index (χ1v) is 12.7. The molecule has 0 saturated heterocycles. The number of amides is 1. The standard InChI is InChI=1S/C27H26ClN3O6/c1-4-27(36)16-7-20-23-14(9-31(20)25(34)15(16)10-37-26(27)35)22-18(30-24(33)12(3)32)6-5-13-11(2)17(28)8-19(29-23)21(13)22/h7-8,12,18,32,36H,4-6,9-10H2,1-3H3,(H,30,33)/t12-,18?,27+/m1/s1. The Balaban J connectivity index is 1.65. The van der Waals surface area contributed by atoms with Crippen LogP contribution in [-0.4, -0.2) is 37.7 Å². The highest BCUT2D eigenvalue weighted by molar-refractivity contribution is 6.32. The van der Waals surface area contributed by atoms with E-state index in [1.54, 1.807) is 23.6 Å². The molecule has 192 valence electrons. The van der Waals surface area contributed by atoms with Crippen LogP contribution in [0.4, 0.5) is 0 Å². The van der Waals surface area contributed by atoms with E-state index in [4.69, 9.17) is 21.3 Å². The van der Waals surface area contributed by atoms with Gasteiger partial charge in [0.1, 0.15) is 12.7 Å². The summed E-state index contributed by atoms with van der Waals surface area (Å²) in [5.41, 5.74) is 3.54. The van der Waals surface area contributed by atoms with E-state index in [9.17, 15) is 24.6 Å². The molecule has 1 amide bonds. The van der Waals surface area contributed by atoms with E-state index in [2.05, 4.69) is 5.32 Å². The molecule has 0 radical (unpaired) electrons. The second kappa shape index (κ2) is 8.11. The number of carbonyl (C=O) groups excluding carboxylic acids is 2. The highest BCUT2D eigenvalue weighted by Crippen LogP contribution is 2.46. The number of cyclic esters (lactones) is 1. The van der Waals surface area contributed by atoms with Crippen LogP contribution in [-0.2, 0) is 39.5 Å². The molecule has 3 N–H and O–H groups in total. The van der Waals surface area contributed by atoms with Crippen LogP contribution in [0.1, 0.15) is 66.1 Å². The number of hydrogen-bond donors (Lipinski definition) is 3. The van der Waals surface area contributed by atoms with Gasteiger partial charge in [0, 0.05) is 21.5 Å². The molecule has 1 unspecified atom stereocenters. The zero-order valence-corrected chi connectivity index (χ0v) is 21.4. The van der Waals surface area contributed by atoms with Crippen molar-refractivity contribution in [3.63, 3.8) is 0 Å². The number of ether oxygens (including phenoxy) is 1. The summed E-state index contributed by atoms with van der Waals surface area (Å²) in [6, 6.07) is 3.06. The summed E-state index contributed by atoms with van der Waals surface area (Å²) in [4.78, 5) is 43.6. The highest BCUT2D eigenvalue weighted by atomic mass is 35.5. The van der Waals surface area contributed by atoms with Gasteiger partial charge in [-0.15, -0.1) is 0 Å². The monoisotopic (exact) mass is 523 g/mol. The van der Waals surface area contributed by atoms with Crippen LogP contribution in [0.25, 0.3) is 22.3 Å². The summed E-state index contributed by atoms with van der Waals surface area (Å²) in [6.07, 6.45) is 0.148. The minimum atomic E-state index is -1.92. The van der Waals surface area contributed by atoms with Crippen molar-refractivity contribution >= 4 is 34.4 Å². The maximum Gasteiger partial charge on any atom is 0.343 e. The number of halogens is 1. The lowest BCUT2D eigenvalue weighted by atomic mass is 9.81. The topological polar surface area (TPSA) is 131 Å². The van der Waals surface area contributed by atoms with Gasteiger partial charge in [0.2, 0.25) is 5.91 Å². The molecule has 3 aliphatic rings. The zero-order chi connectivity index (χ0) is 26.4. The SMILES string of the molecule is CC[C@@]1(O)C(=O)OCc2c1cc1n(c2=O)Cc2c-1nc1cc(Cl)c(C)c3c1c2C(NC(=O)[C@@H](C)O)CC3. The van der Waals surface area contributed by atoms with Gasteiger partial charge in [-0.3, -0.25) is 9.59 Å². The van der Waals surface area contributed by atoms with Crippen molar-refractivity contribution in [2.24, 2.45) is 0 Å². The van der Waals surface area contributed by atoms with Gasteiger partial charge in [0.25, 0.3) is 5.56 Å². The van der Waals surface area contributed by atoms with Gasteiger partial charge in [0.15, 0.2) is 5.60 Å². The Morgan fingerprint density at radius 2 is 2.08 bits per heavy atom. The molecular formula is C27H26ClN3O6. The van der Waals surface area contributed by atoms with E-state index in [1.165, 1.54) is 6.92 Å². The van der Waals surface area contributed by atoms with Crippen molar-refractivity contribution in [1.29, 1.82) is 0 Å². The van der Waals surface area contributed by atoms with E-state index in [0.29, 0.717) is 34.8 Å². The van der Waals surface area contributed by atoms with Gasteiger partial charge in [-0.25, -0.2) is 9.78 Å². The number of esters is 1. The molecule has 3 atom stereocenters. The molecule has 2 aromatic heterocycles. The smallest absolute Gasteiger partial charge is 0.343 e. The van der Waals surface area contributed by atoms with E-state index >= 15 is 0 Å². The predicted molar refractivity (Wildman–Crippen MR) is 135 cm³/mol. The van der Waals surface area contributed by atoms with Crippen LogP contribution in [0.3, 0.4) is 0 Å². The van der Waals surface area contributed by atoms with Crippen molar-refractivity contribution in [3.8, 4) is 11.4 Å². The highest BCUT2D eigenvalue weighted by Gasteiger charge is 2.46. The molecule has 2 aliphatic heterocycles. The first kappa shape index (κ1) is 24.1. The van der Waals surface area contributed by atoms with Crippen molar-refractivity contribution in [3.05, 3.63) is 60.9 Å². The molecule has 0 bridgehead atoms. The first-order valence-electron chi connectivity index (χ1n) is 12.4. The molecule has 37 heavy (non-hydrogen) atoms. The van der Waals surface area contributed by atoms with E-state index < -0.39 is 29.6 Å². The molecule has 0 fully saturated rings. The summed E-state index contributed by atoms with van der Waals surface area (Å²) in [7, 11) is 0. The van der Waals surface area contributed by atoms with Crippen LogP contribution in [0.15, 0.2) is 16.9 Å². The Labute approximate surface area is 217 Å². The molecule has 0 spiro atoms. The Morgan fingerprint density at radius 3 is 2.78 bits per heavy atom. The van der Waals surface area contributed by atoms with E-state index in [1.807, 2.05) is 6.92 Å². The van der Waals surface area contributed by atoms with Crippen LogP contribution in [0.2, 0.25) is 5.02 Å². The van der Waals surface area contributed by atoms with Crippen LogP contribution in [0.5, 0.6) is 0 Å². The van der Waals surface area contributed by atoms with Gasteiger partial charge in [-0.2, -0.15) is 0 Å². The Hall–Kier alpha value is -3.27. The fraction of sp³-hybridized carbons (Fsp3) is 0.407. The summed E-state index contributed by atoms with van der Waals surface area (Å²) in [5, 5.41) is 25.5. The number of nitrogens with one attached hydrogen (secondary N) is 1. The van der Waals surface area contributed by atoms with Gasteiger partial charge < -0.3 is 24.8 Å². The normalized spacial score (nSPS) is 22.2.